The van der Waals surface area contributed by atoms with Crippen LogP contribution < -0.4 is 0 Å². The SMILES string of the molecule is CC(C)=C(O)C(O)C(=O)c1ccccc1. The van der Waals surface area contributed by atoms with Gasteiger partial charge in [-0.15, -0.1) is 0 Å². The Morgan fingerprint density at radius 3 is 2.20 bits per heavy atom. The van der Waals surface area contributed by atoms with Gasteiger partial charge in [-0.1, -0.05) is 30.3 Å². The third-order valence-electron chi connectivity index (χ3n) is 2.08. The van der Waals surface area contributed by atoms with Crippen LogP contribution in [0.2, 0.25) is 0 Å². The van der Waals surface area contributed by atoms with Crippen molar-refractivity contribution >= 4 is 5.78 Å². The second kappa shape index (κ2) is 4.75. The van der Waals surface area contributed by atoms with Crippen LogP contribution in [0.5, 0.6) is 0 Å². The van der Waals surface area contributed by atoms with Gasteiger partial charge in [0.25, 0.3) is 0 Å². The average Bonchev–Trinajstić information content (AvgIpc) is 2.27. The summed E-state index contributed by atoms with van der Waals surface area (Å²) in [7, 11) is 0. The number of carbonyl (C=O) groups is 1. The van der Waals surface area contributed by atoms with E-state index in [1.165, 1.54) is 0 Å². The van der Waals surface area contributed by atoms with Gasteiger partial charge in [0, 0.05) is 5.56 Å². The first-order chi connectivity index (χ1) is 7.04. The Bertz CT molecular complexity index is 375. The molecule has 1 aromatic carbocycles. The van der Waals surface area contributed by atoms with E-state index >= 15 is 0 Å². The Balaban J connectivity index is 2.93. The van der Waals surface area contributed by atoms with E-state index in [0.29, 0.717) is 11.1 Å². The summed E-state index contributed by atoms with van der Waals surface area (Å²) >= 11 is 0. The van der Waals surface area contributed by atoms with E-state index in [-0.39, 0.29) is 5.76 Å². The summed E-state index contributed by atoms with van der Waals surface area (Å²) in [6.07, 6.45) is -1.46. The summed E-state index contributed by atoms with van der Waals surface area (Å²) in [6.45, 7) is 3.27. The van der Waals surface area contributed by atoms with E-state index in [0.717, 1.165) is 0 Å². The van der Waals surface area contributed by atoms with Crippen molar-refractivity contribution in [3.8, 4) is 0 Å². The Kier molecular flexibility index (Phi) is 3.63. The molecule has 0 aliphatic carbocycles. The molecule has 1 rings (SSSR count). The standard InChI is InChI=1S/C12H14O3/c1-8(2)10(13)12(15)11(14)9-6-4-3-5-7-9/h3-7,12-13,15H,1-2H3. The zero-order valence-corrected chi connectivity index (χ0v) is 8.77. The smallest absolute Gasteiger partial charge is 0.199 e. The molecule has 0 aliphatic heterocycles. The third kappa shape index (κ3) is 2.67. The van der Waals surface area contributed by atoms with Crippen LogP contribution in [0.15, 0.2) is 41.7 Å². The number of carbonyl (C=O) groups excluding carboxylic acids is 1. The molecule has 0 fully saturated rings. The van der Waals surface area contributed by atoms with E-state index in [1.54, 1.807) is 44.2 Å². The molecule has 3 heteroatoms. The Morgan fingerprint density at radius 2 is 1.73 bits per heavy atom. The van der Waals surface area contributed by atoms with Crippen LogP contribution in [0.3, 0.4) is 0 Å². The van der Waals surface area contributed by atoms with Gasteiger partial charge >= 0.3 is 0 Å². The largest absolute Gasteiger partial charge is 0.509 e. The summed E-state index contributed by atoms with van der Waals surface area (Å²) in [6, 6.07) is 8.40. The van der Waals surface area contributed by atoms with Gasteiger partial charge < -0.3 is 10.2 Å². The van der Waals surface area contributed by atoms with Crippen LogP contribution in [0.1, 0.15) is 24.2 Å². The number of Topliss-reactive ketones (excluding diaryl/α,β-unsaturated/α-hetero) is 1. The van der Waals surface area contributed by atoms with Gasteiger partial charge in [-0.3, -0.25) is 4.79 Å². The van der Waals surface area contributed by atoms with Gasteiger partial charge in [0.2, 0.25) is 0 Å². The molecule has 0 amide bonds. The number of hydrogen-bond acceptors (Lipinski definition) is 3. The minimum atomic E-state index is -1.46. The molecule has 80 valence electrons. The average molecular weight is 206 g/mol. The van der Waals surface area contributed by atoms with Crippen molar-refractivity contribution in [2.45, 2.75) is 20.0 Å². The molecule has 2 N–H and O–H groups in total. The van der Waals surface area contributed by atoms with Gasteiger partial charge in [-0.2, -0.15) is 0 Å². The number of aliphatic hydroxyl groups is 2. The van der Waals surface area contributed by atoms with Crippen molar-refractivity contribution in [1.82, 2.24) is 0 Å². The summed E-state index contributed by atoms with van der Waals surface area (Å²) in [5.74, 6) is -0.766. The van der Waals surface area contributed by atoms with E-state index in [9.17, 15) is 15.0 Å². The van der Waals surface area contributed by atoms with Crippen molar-refractivity contribution in [3.63, 3.8) is 0 Å². The summed E-state index contributed by atoms with van der Waals surface area (Å²) < 4.78 is 0. The van der Waals surface area contributed by atoms with Crippen molar-refractivity contribution in [3.05, 3.63) is 47.2 Å². The van der Waals surface area contributed by atoms with Crippen molar-refractivity contribution in [2.75, 3.05) is 0 Å². The van der Waals surface area contributed by atoms with Crippen molar-refractivity contribution < 1.29 is 15.0 Å². The van der Waals surface area contributed by atoms with Crippen LogP contribution in [-0.4, -0.2) is 22.1 Å². The highest BCUT2D eigenvalue weighted by Gasteiger charge is 2.21. The highest BCUT2D eigenvalue weighted by molar-refractivity contribution is 6.00. The van der Waals surface area contributed by atoms with Gasteiger partial charge in [0.1, 0.15) is 5.76 Å². The predicted molar refractivity (Wildman–Crippen MR) is 57.8 cm³/mol. The van der Waals surface area contributed by atoms with E-state index in [4.69, 9.17) is 0 Å². The molecule has 0 aliphatic rings. The summed E-state index contributed by atoms with van der Waals surface area (Å²) in [4.78, 5) is 11.6. The molecule has 1 atom stereocenters. The molecule has 1 unspecified atom stereocenters. The molecule has 0 saturated carbocycles. The van der Waals surface area contributed by atoms with E-state index in [2.05, 4.69) is 0 Å². The first kappa shape index (κ1) is 11.5. The first-order valence-corrected chi connectivity index (χ1v) is 4.67. The van der Waals surface area contributed by atoms with Gasteiger partial charge in [0.05, 0.1) is 0 Å². The van der Waals surface area contributed by atoms with E-state index < -0.39 is 11.9 Å². The topological polar surface area (TPSA) is 57.5 Å². The minimum absolute atomic E-state index is 0.274. The number of aliphatic hydroxyl groups excluding tert-OH is 2. The lowest BCUT2D eigenvalue weighted by molar-refractivity contribution is 0.0728. The highest BCUT2D eigenvalue weighted by Crippen LogP contribution is 2.11. The summed E-state index contributed by atoms with van der Waals surface area (Å²) in [5, 5.41) is 19.0. The Hall–Kier alpha value is -1.61. The lowest BCUT2D eigenvalue weighted by Gasteiger charge is -2.10. The van der Waals surface area contributed by atoms with Crippen LogP contribution in [-0.2, 0) is 0 Å². The number of hydrogen-bond donors (Lipinski definition) is 2. The lowest BCUT2D eigenvalue weighted by atomic mass is 10.0. The lowest BCUT2D eigenvalue weighted by Crippen LogP contribution is -2.23. The number of benzene rings is 1. The van der Waals surface area contributed by atoms with Gasteiger partial charge in [-0.25, -0.2) is 0 Å². The second-order valence-corrected chi connectivity index (χ2v) is 3.52. The minimum Gasteiger partial charge on any atom is -0.509 e. The fourth-order valence-electron chi connectivity index (χ4n) is 1.16. The van der Waals surface area contributed by atoms with Crippen LogP contribution in [0.25, 0.3) is 0 Å². The molecule has 0 heterocycles. The predicted octanol–water partition coefficient (Wildman–Crippen LogP) is 2.08. The summed E-state index contributed by atoms with van der Waals surface area (Å²) in [5.41, 5.74) is 0.921. The fraction of sp³-hybridized carbons (Fsp3) is 0.250. The molecular weight excluding hydrogens is 192 g/mol. The third-order valence-corrected chi connectivity index (χ3v) is 2.08. The van der Waals surface area contributed by atoms with Gasteiger partial charge in [-0.05, 0) is 19.4 Å². The Labute approximate surface area is 88.7 Å². The fourth-order valence-corrected chi connectivity index (χ4v) is 1.16. The first-order valence-electron chi connectivity index (χ1n) is 4.67. The molecule has 0 bridgehead atoms. The zero-order chi connectivity index (χ0) is 11.4. The molecule has 3 nitrogen and oxygen atoms in total. The molecule has 1 aromatic rings. The van der Waals surface area contributed by atoms with Crippen molar-refractivity contribution in [2.24, 2.45) is 0 Å². The molecular formula is C12H14O3. The van der Waals surface area contributed by atoms with Gasteiger partial charge in [0.15, 0.2) is 11.9 Å². The maximum atomic E-state index is 11.6. The molecule has 0 aromatic heterocycles. The van der Waals surface area contributed by atoms with Crippen molar-refractivity contribution in [1.29, 1.82) is 0 Å². The maximum absolute atomic E-state index is 11.6. The monoisotopic (exact) mass is 206 g/mol. The molecule has 0 saturated heterocycles. The van der Waals surface area contributed by atoms with Crippen LogP contribution >= 0.6 is 0 Å². The Morgan fingerprint density at radius 1 is 1.20 bits per heavy atom. The number of rotatable bonds is 3. The highest BCUT2D eigenvalue weighted by atomic mass is 16.3. The molecule has 15 heavy (non-hydrogen) atoms. The van der Waals surface area contributed by atoms with Crippen LogP contribution in [0, 0.1) is 0 Å². The van der Waals surface area contributed by atoms with E-state index in [1.807, 2.05) is 0 Å². The number of allylic oxidation sites excluding steroid dienone is 1. The second-order valence-electron chi connectivity index (χ2n) is 3.52. The molecule has 0 radical (unpaired) electrons. The number of ketones is 1. The maximum Gasteiger partial charge on any atom is 0.199 e. The normalized spacial score (nSPS) is 11.9. The quantitative estimate of drug-likeness (QED) is 0.588. The zero-order valence-electron chi connectivity index (χ0n) is 8.77. The molecule has 0 spiro atoms. The van der Waals surface area contributed by atoms with Crippen LogP contribution in [0.4, 0.5) is 0 Å².